The van der Waals surface area contributed by atoms with Crippen molar-refractivity contribution in [3.05, 3.63) is 101 Å². The first-order valence-electron chi connectivity index (χ1n) is 9.66. The van der Waals surface area contributed by atoms with E-state index in [0.717, 1.165) is 28.3 Å². The van der Waals surface area contributed by atoms with E-state index in [1.165, 1.54) is 0 Å². The summed E-state index contributed by atoms with van der Waals surface area (Å²) in [6.07, 6.45) is 0. The number of aryl methyl sites for hydroxylation is 1. The minimum absolute atomic E-state index is 0.308. The number of hydrogen-bond donors (Lipinski definition) is 2. The van der Waals surface area contributed by atoms with Gasteiger partial charge in [-0.2, -0.15) is 0 Å². The molecule has 4 aromatic rings. The van der Waals surface area contributed by atoms with Gasteiger partial charge in [-0.3, -0.25) is 0 Å². The predicted octanol–water partition coefficient (Wildman–Crippen LogP) is 6.00. The number of halogens is 1. The third-order valence-corrected chi connectivity index (χ3v) is 4.95. The van der Waals surface area contributed by atoms with E-state index < -0.39 is 0 Å². The summed E-state index contributed by atoms with van der Waals surface area (Å²) in [5.74, 6) is 2.01. The van der Waals surface area contributed by atoms with Crippen molar-refractivity contribution >= 4 is 17.3 Å². The van der Waals surface area contributed by atoms with Crippen LogP contribution < -0.4 is 15.6 Å². The summed E-state index contributed by atoms with van der Waals surface area (Å²) in [6, 6.07) is 25.4. The second-order valence-corrected chi connectivity index (χ2v) is 7.15. The van der Waals surface area contributed by atoms with E-state index in [9.17, 15) is 0 Å². The molecule has 0 amide bonds. The number of para-hydroxylation sites is 2. The van der Waals surface area contributed by atoms with Gasteiger partial charge in [0, 0.05) is 17.8 Å². The van der Waals surface area contributed by atoms with E-state index in [2.05, 4.69) is 15.8 Å². The van der Waals surface area contributed by atoms with Gasteiger partial charge in [-0.05, 0) is 37.3 Å². The van der Waals surface area contributed by atoms with Crippen LogP contribution in [0.3, 0.4) is 0 Å². The van der Waals surface area contributed by atoms with E-state index in [4.69, 9.17) is 20.8 Å². The summed E-state index contributed by atoms with van der Waals surface area (Å²) in [5, 5.41) is 0.605. The van der Waals surface area contributed by atoms with Gasteiger partial charge in [0.25, 0.3) is 0 Å². The molecule has 152 valence electrons. The van der Waals surface area contributed by atoms with Crippen LogP contribution in [0.5, 0.6) is 5.75 Å². The zero-order chi connectivity index (χ0) is 20.8. The van der Waals surface area contributed by atoms with Crippen molar-refractivity contribution < 1.29 is 9.15 Å². The lowest BCUT2D eigenvalue weighted by atomic mass is 10.2. The highest BCUT2D eigenvalue weighted by Gasteiger charge is 2.14. The molecule has 5 nitrogen and oxygen atoms in total. The molecule has 0 aliphatic rings. The molecule has 0 bridgehead atoms. The predicted molar refractivity (Wildman–Crippen MR) is 119 cm³/mol. The standard InChI is InChI=1S/C24H22ClN3O2/c1-17-22(27-24(30-17)20-12-6-7-13-21(20)25)16-29-23-14-8-5-9-18(23)15-26-28-19-10-3-2-4-11-19/h2-14,26,28H,15-16H2,1H3. The zero-order valence-corrected chi connectivity index (χ0v) is 17.3. The molecule has 6 heteroatoms. The van der Waals surface area contributed by atoms with Crippen LogP contribution in [0.25, 0.3) is 11.5 Å². The number of oxazole rings is 1. The van der Waals surface area contributed by atoms with Gasteiger partial charge in [-0.25, -0.2) is 10.4 Å². The van der Waals surface area contributed by atoms with E-state index >= 15 is 0 Å². The zero-order valence-electron chi connectivity index (χ0n) is 16.6. The summed E-state index contributed by atoms with van der Waals surface area (Å²) >= 11 is 6.26. The highest BCUT2D eigenvalue weighted by atomic mass is 35.5. The van der Waals surface area contributed by atoms with Crippen molar-refractivity contribution in [2.75, 3.05) is 5.43 Å². The molecule has 3 aromatic carbocycles. The van der Waals surface area contributed by atoms with Gasteiger partial charge < -0.3 is 14.6 Å². The molecule has 0 fully saturated rings. The third kappa shape index (κ3) is 4.82. The molecular formula is C24H22ClN3O2. The number of rotatable bonds is 8. The quantitative estimate of drug-likeness (QED) is 0.343. The topological polar surface area (TPSA) is 59.3 Å². The maximum absolute atomic E-state index is 6.26. The van der Waals surface area contributed by atoms with Gasteiger partial charge >= 0.3 is 0 Å². The first-order valence-corrected chi connectivity index (χ1v) is 10.0. The van der Waals surface area contributed by atoms with Crippen molar-refractivity contribution in [3.8, 4) is 17.2 Å². The number of hydrazine groups is 1. The summed E-state index contributed by atoms with van der Waals surface area (Å²) in [6.45, 7) is 2.79. The van der Waals surface area contributed by atoms with Crippen LogP contribution >= 0.6 is 11.6 Å². The minimum Gasteiger partial charge on any atom is -0.487 e. The Bertz CT molecular complexity index is 1110. The SMILES string of the molecule is Cc1oc(-c2ccccc2Cl)nc1COc1ccccc1CNNc1ccccc1. The molecule has 4 rings (SSSR count). The van der Waals surface area contributed by atoms with Gasteiger partial charge in [0.1, 0.15) is 23.8 Å². The molecule has 0 unspecified atom stereocenters. The lowest BCUT2D eigenvalue weighted by Gasteiger charge is -2.13. The summed E-state index contributed by atoms with van der Waals surface area (Å²) in [7, 11) is 0. The van der Waals surface area contributed by atoms with Crippen molar-refractivity contribution in [1.82, 2.24) is 10.4 Å². The Labute approximate surface area is 180 Å². The summed E-state index contributed by atoms with van der Waals surface area (Å²) in [4.78, 5) is 4.58. The molecule has 0 saturated heterocycles. The van der Waals surface area contributed by atoms with E-state index in [1.807, 2.05) is 85.8 Å². The maximum atomic E-state index is 6.26. The number of ether oxygens (including phenoxy) is 1. The molecule has 0 radical (unpaired) electrons. The number of nitrogens with one attached hydrogen (secondary N) is 2. The van der Waals surface area contributed by atoms with Crippen LogP contribution in [-0.2, 0) is 13.2 Å². The average molecular weight is 420 g/mol. The fourth-order valence-electron chi connectivity index (χ4n) is 3.01. The van der Waals surface area contributed by atoms with Crippen LogP contribution in [0.1, 0.15) is 17.0 Å². The molecule has 1 heterocycles. The molecule has 30 heavy (non-hydrogen) atoms. The van der Waals surface area contributed by atoms with Gasteiger partial charge in [0.05, 0.1) is 10.6 Å². The number of anilines is 1. The minimum atomic E-state index is 0.308. The highest BCUT2D eigenvalue weighted by Crippen LogP contribution is 2.29. The number of aromatic nitrogens is 1. The first-order chi connectivity index (χ1) is 14.7. The maximum Gasteiger partial charge on any atom is 0.228 e. The molecule has 0 spiro atoms. The Balaban J connectivity index is 1.41. The van der Waals surface area contributed by atoms with Crippen molar-refractivity contribution in [2.24, 2.45) is 0 Å². The molecule has 0 aliphatic heterocycles. The van der Waals surface area contributed by atoms with Gasteiger partial charge in [-0.15, -0.1) is 0 Å². The lowest BCUT2D eigenvalue weighted by molar-refractivity contribution is 0.296. The van der Waals surface area contributed by atoms with Crippen LogP contribution in [0.2, 0.25) is 5.02 Å². The Morgan fingerprint density at radius 1 is 0.933 bits per heavy atom. The van der Waals surface area contributed by atoms with E-state index in [0.29, 0.717) is 29.8 Å². The fourth-order valence-corrected chi connectivity index (χ4v) is 3.23. The average Bonchev–Trinajstić information content (AvgIpc) is 3.14. The van der Waals surface area contributed by atoms with Crippen LogP contribution in [0.15, 0.2) is 83.3 Å². The molecule has 1 aromatic heterocycles. The largest absolute Gasteiger partial charge is 0.487 e. The highest BCUT2D eigenvalue weighted by molar-refractivity contribution is 6.33. The van der Waals surface area contributed by atoms with Gasteiger partial charge in [0.15, 0.2) is 0 Å². The Morgan fingerprint density at radius 3 is 2.50 bits per heavy atom. The first kappa shape index (κ1) is 20.0. The smallest absolute Gasteiger partial charge is 0.228 e. The summed E-state index contributed by atoms with van der Waals surface area (Å²) in [5.41, 5.74) is 9.96. The van der Waals surface area contributed by atoms with E-state index in [1.54, 1.807) is 0 Å². The van der Waals surface area contributed by atoms with Crippen LogP contribution in [0, 0.1) is 6.92 Å². The van der Waals surface area contributed by atoms with Crippen LogP contribution in [-0.4, -0.2) is 4.98 Å². The second-order valence-electron chi connectivity index (χ2n) is 6.74. The van der Waals surface area contributed by atoms with Crippen molar-refractivity contribution in [2.45, 2.75) is 20.1 Å². The van der Waals surface area contributed by atoms with Crippen molar-refractivity contribution in [3.63, 3.8) is 0 Å². The monoisotopic (exact) mass is 419 g/mol. The van der Waals surface area contributed by atoms with Crippen molar-refractivity contribution in [1.29, 1.82) is 0 Å². The molecular weight excluding hydrogens is 398 g/mol. The molecule has 0 atom stereocenters. The normalized spacial score (nSPS) is 10.7. The lowest BCUT2D eigenvalue weighted by Crippen LogP contribution is -2.21. The van der Waals surface area contributed by atoms with Gasteiger partial charge in [-0.1, -0.05) is 60.1 Å². The number of nitrogens with zero attached hydrogens (tertiary/aromatic N) is 1. The summed E-state index contributed by atoms with van der Waals surface area (Å²) < 4.78 is 11.9. The molecule has 2 N–H and O–H groups in total. The number of benzene rings is 3. The number of hydrogen-bond acceptors (Lipinski definition) is 5. The van der Waals surface area contributed by atoms with E-state index in [-0.39, 0.29) is 0 Å². The molecule has 0 aliphatic carbocycles. The fraction of sp³-hybridized carbons (Fsp3) is 0.125. The Hall–Kier alpha value is -3.28. The van der Waals surface area contributed by atoms with Crippen LogP contribution in [0.4, 0.5) is 5.69 Å². The second kappa shape index (κ2) is 9.48. The Morgan fingerprint density at radius 2 is 1.67 bits per heavy atom. The van der Waals surface area contributed by atoms with Gasteiger partial charge in [0.2, 0.25) is 5.89 Å². The third-order valence-electron chi connectivity index (χ3n) is 4.62. The Kier molecular flexibility index (Phi) is 6.32. The molecule has 0 saturated carbocycles.